The normalized spacial score (nSPS) is 17.6. The molecule has 6 heteroatoms. The van der Waals surface area contributed by atoms with Crippen molar-refractivity contribution in [3.05, 3.63) is 111 Å². The number of benzene rings is 2. The van der Waals surface area contributed by atoms with Crippen molar-refractivity contribution in [3.63, 3.8) is 0 Å². The van der Waals surface area contributed by atoms with E-state index in [1.807, 2.05) is 49.0 Å². The lowest BCUT2D eigenvalue weighted by Crippen LogP contribution is -2.09. The summed E-state index contributed by atoms with van der Waals surface area (Å²) >= 11 is 0. The molecule has 2 unspecified atom stereocenters. The van der Waals surface area contributed by atoms with Crippen molar-refractivity contribution in [2.75, 3.05) is 5.73 Å². The molecule has 0 spiro atoms. The van der Waals surface area contributed by atoms with Crippen molar-refractivity contribution < 1.29 is 9.53 Å². The van der Waals surface area contributed by atoms with E-state index in [0.29, 0.717) is 18.7 Å². The third kappa shape index (κ3) is 3.42. The lowest BCUT2D eigenvalue weighted by atomic mass is 9.84. The molecular weight excluding hydrogens is 424 g/mol. The van der Waals surface area contributed by atoms with Crippen LogP contribution in [0.1, 0.15) is 73.6 Å². The third-order valence-corrected chi connectivity index (χ3v) is 7.04. The Kier molecular flexibility index (Phi) is 4.85. The fourth-order valence-corrected chi connectivity index (χ4v) is 5.40. The van der Waals surface area contributed by atoms with Crippen LogP contribution in [-0.4, -0.2) is 20.5 Å². The Balaban J connectivity index is 1.21. The van der Waals surface area contributed by atoms with Gasteiger partial charge in [0.25, 0.3) is 0 Å². The van der Waals surface area contributed by atoms with Crippen LogP contribution >= 0.6 is 0 Å². The predicted octanol–water partition coefficient (Wildman–Crippen LogP) is 4.86. The molecule has 170 valence electrons. The first kappa shape index (κ1) is 20.8. The van der Waals surface area contributed by atoms with Crippen LogP contribution in [0.3, 0.4) is 0 Å². The molecule has 4 aromatic rings. The molecule has 2 N–H and O–H groups in total. The smallest absolute Gasteiger partial charge is 0.163 e. The van der Waals surface area contributed by atoms with Crippen molar-refractivity contribution in [2.24, 2.45) is 0 Å². The van der Waals surface area contributed by atoms with E-state index in [4.69, 9.17) is 10.5 Å². The largest absolute Gasteiger partial charge is 0.384 e. The molecule has 6 nitrogen and oxygen atoms in total. The molecule has 0 saturated heterocycles. The monoisotopic (exact) mass is 450 g/mol. The van der Waals surface area contributed by atoms with Crippen LogP contribution in [0.5, 0.6) is 0 Å². The summed E-state index contributed by atoms with van der Waals surface area (Å²) in [6.45, 7) is 4.71. The number of carbonyl (C=O) groups excluding carboxylic acids is 1. The van der Waals surface area contributed by atoms with E-state index in [0.717, 1.165) is 34.5 Å². The number of nitrogen functional groups attached to an aromatic ring is 1. The molecule has 6 rings (SSSR count). The molecule has 2 aromatic carbocycles. The quantitative estimate of drug-likeness (QED) is 0.424. The van der Waals surface area contributed by atoms with Crippen LogP contribution in [0, 0.1) is 13.8 Å². The molecule has 0 amide bonds. The van der Waals surface area contributed by atoms with Gasteiger partial charge in [0, 0.05) is 30.1 Å². The maximum absolute atomic E-state index is 13.1. The lowest BCUT2D eigenvalue weighted by molar-refractivity contribution is 0.0857. The molecular formula is C28H26N4O2. The molecule has 0 saturated carbocycles. The van der Waals surface area contributed by atoms with Gasteiger partial charge >= 0.3 is 0 Å². The molecule has 2 atom stereocenters. The van der Waals surface area contributed by atoms with Crippen molar-refractivity contribution in [1.82, 2.24) is 14.8 Å². The van der Waals surface area contributed by atoms with Crippen molar-refractivity contribution in [3.8, 4) is 0 Å². The molecule has 34 heavy (non-hydrogen) atoms. The number of anilines is 1. The number of pyridine rings is 1. The lowest BCUT2D eigenvalue weighted by Gasteiger charge is -2.18. The predicted molar refractivity (Wildman–Crippen MR) is 130 cm³/mol. The molecule has 4 heterocycles. The van der Waals surface area contributed by atoms with E-state index in [2.05, 4.69) is 34.3 Å². The molecule has 2 aliphatic rings. The standard InChI is InChI=1S/C28H26N4O2/c1-16-12-26(29)31-17(2)20(16)8-9-25(33)19-5-7-22-24(14-19)28-21-6-4-18(13-23(21)27(22)34-28)15-32-11-3-10-30-32/h3-7,10-14,27-28H,8-9,15H2,1-2H3,(H2,29,31). The van der Waals surface area contributed by atoms with Gasteiger partial charge in [0.05, 0.1) is 6.54 Å². The Bertz CT molecular complexity index is 1400. The number of nitrogens with two attached hydrogens (primary N) is 1. The highest BCUT2D eigenvalue weighted by Crippen LogP contribution is 2.54. The van der Waals surface area contributed by atoms with Gasteiger partial charge in [-0.3, -0.25) is 9.48 Å². The second-order valence-corrected chi connectivity index (χ2v) is 9.26. The summed E-state index contributed by atoms with van der Waals surface area (Å²) in [4.78, 5) is 17.4. The summed E-state index contributed by atoms with van der Waals surface area (Å²) in [6.07, 6.45) is 4.69. The molecule has 2 aliphatic heterocycles. The highest BCUT2D eigenvalue weighted by atomic mass is 16.5. The van der Waals surface area contributed by atoms with Crippen LogP contribution in [0.15, 0.2) is 60.9 Å². The maximum atomic E-state index is 13.1. The Morgan fingerprint density at radius 3 is 2.53 bits per heavy atom. The number of carbonyl (C=O) groups is 1. The topological polar surface area (TPSA) is 83.0 Å². The summed E-state index contributed by atoms with van der Waals surface area (Å²) in [5, 5.41) is 4.31. The Labute approximate surface area is 198 Å². The van der Waals surface area contributed by atoms with E-state index in [1.165, 1.54) is 22.3 Å². The van der Waals surface area contributed by atoms with E-state index in [-0.39, 0.29) is 18.0 Å². The van der Waals surface area contributed by atoms with Gasteiger partial charge in [-0.1, -0.05) is 30.3 Å². The van der Waals surface area contributed by atoms with E-state index in [1.54, 1.807) is 6.20 Å². The fourth-order valence-electron chi connectivity index (χ4n) is 5.40. The SMILES string of the molecule is Cc1cc(N)nc(C)c1CCC(=O)c1ccc2c(c1)C1OC2c2cc(Cn3cccn3)ccc21. The molecule has 0 radical (unpaired) electrons. The number of nitrogens with zero attached hydrogens (tertiary/aromatic N) is 3. The van der Waals surface area contributed by atoms with Gasteiger partial charge < -0.3 is 10.5 Å². The number of hydrogen-bond acceptors (Lipinski definition) is 5. The van der Waals surface area contributed by atoms with Gasteiger partial charge in [0.1, 0.15) is 18.0 Å². The second-order valence-electron chi connectivity index (χ2n) is 9.26. The van der Waals surface area contributed by atoms with Crippen molar-refractivity contribution in [1.29, 1.82) is 0 Å². The zero-order valence-corrected chi connectivity index (χ0v) is 19.3. The zero-order chi connectivity index (χ0) is 23.4. The van der Waals surface area contributed by atoms with Crippen LogP contribution in [-0.2, 0) is 17.7 Å². The molecule has 2 bridgehead atoms. The summed E-state index contributed by atoms with van der Waals surface area (Å²) in [6, 6.07) is 16.4. The highest BCUT2D eigenvalue weighted by molar-refractivity contribution is 5.96. The van der Waals surface area contributed by atoms with E-state index >= 15 is 0 Å². The number of hydrogen-bond donors (Lipinski definition) is 1. The number of rotatable bonds is 6. The molecule has 2 aromatic heterocycles. The first-order valence-corrected chi connectivity index (χ1v) is 11.6. The van der Waals surface area contributed by atoms with Crippen LogP contribution in [0.2, 0.25) is 0 Å². The first-order chi connectivity index (χ1) is 16.5. The zero-order valence-electron chi connectivity index (χ0n) is 19.3. The minimum absolute atomic E-state index is 0.0668. The van der Waals surface area contributed by atoms with Crippen LogP contribution in [0.25, 0.3) is 0 Å². The highest BCUT2D eigenvalue weighted by Gasteiger charge is 2.42. The fraction of sp³-hybridized carbons (Fsp3) is 0.250. The Morgan fingerprint density at radius 2 is 1.79 bits per heavy atom. The van der Waals surface area contributed by atoms with Crippen LogP contribution in [0.4, 0.5) is 5.82 Å². The first-order valence-electron chi connectivity index (χ1n) is 11.6. The van der Waals surface area contributed by atoms with Gasteiger partial charge in [-0.15, -0.1) is 0 Å². The van der Waals surface area contributed by atoms with Gasteiger partial charge in [-0.2, -0.15) is 5.10 Å². The minimum Gasteiger partial charge on any atom is -0.384 e. The van der Waals surface area contributed by atoms with Crippen molar-refractivity contribution >= 4 is 11.6 Å². The number of Topliss-reactive ketones (excluding diaryl/α,β-unsaturated/α-hetero) is 1. The second kappa shape index (κ2) is 7.92. The number of fused-ring (bicyclic) bond motifs is 8. The van der Waals surface area contributed by atoms with Gasteiger partial charge in [0.15, 0.2) is 5.78 Å². The van der Waals surface area contributed by atoms with Gasteiger partial charge in [0.2, 0.25) is 0 Å². The average Bonchev–Trinajstić information content (AvgIpc) is 3.54. The number of aryl methyl sites for hydroxylation is 2. The molecule has 0 fully saturated rings. The average molecular weight is 451 g/mol. The van der Waals surface area contributed by atoms with Gasteiger partial charge in [-0.05, 0) is 77.4 Å². The molecule has 0 aliphatic carbocycles. The summed E-state index contributed by atoms with van der Waals surface area (Å²) in [7, 11) is 0. The minimum atomic E-state index is -0.104. The Morgan fingerprint density at radius 1 is 1.03 bits per heavy atom. The maximum Gasteiger partial charge on any atom is 0.163 e. The number of ketones is 1. The number of ether oxygens (including phenoxy) is 1. The van der Waals surface area contributed by atoms with Gasteiger partial charge in [-0.25, -0.2) is 4.98 Å². The third-order valence-electron chi connectivity index (χ3n) is 7.04. The van der Waals surface area contributed by atoms with Crippen molar-refractivity contribution in [2.45, 2.75) is 45.4 Å². The summed E-state index contributed by atoms with van der Waals surface area (Å²) < 4.78 is 8.28. The summed E-state index contributed by atoms with van der Waals surface area (Å²) in [5.41, 5.74) is 15.6. The summed E-state index contributed by atoms with van der Waals surface area (Å²) in [5.74, 6) is 0.656. The Hall–Kier alpha value is -3.77. The van der Waals surface area contributed by atoms with E-state index < -0.39 is 0 Å². The van der Waals surface area contributed by atoms with Crippen LogP contribution < -0.4 is 5.73 Å². The van der Waals surface area contributed by atoms with E-state index in [9.17, 15) is 4.79 Å². The number of aromatic nitrogens is 3.